The molecular formula is C41H81BrFN5O9. The van der Waals surface area contributed by atoms with Gasteiger partial charge < -0.3 is 40.6 Å². The van der Waals surface area contributed by atoms with Gasteiger partial charge in [0.15, 0.2) is 0 Å². The van der Waals surface area contributed by atoms with Crippen LogP contribution in [0.1, 0.15) is 150 Å². The van der Waals surface area contributed by atoms with Crippen LogP contribution in [0.3, 0.4) is 0 Å². The number of alkyl halides is 1. The Balaban J connectivity index is -0.00000554. The Bertz CT molecular complexity index is 954. The number of amides is 4. The van der Waals surface area contributed by atoms with Gasteiger partial charge in [-0.3, -0.25) is 24.0 Å². The highest BCUT2D eigenvalue weighted by Crippen LogP contribution is 2.14. The molecule has 0 aliphatic heterocycles. The Morgan fingerprint density at radius 3 is 1.44 bits per heavy atom. The van der Waals surface area contributed by atoms with E-state index in [1.54, 1.807) is 0 Å². The normalized spacial score (nSPS) is 11.1. The van der Waals surface area contributed by atoms with E-state index in [4.69, 9.17) is 19.3 Å². The zero-order valence-electron chi connectivity index (χ0n) is 36.2. The Morgan fingerprint density at radius 1 is 0.596 bits per heavy atom. The number of carbonyl (C=O) groups is 5. The first-order valence-electron chi connectivity index (χ1n) is 21.6. The number of rotatable bonds is 38. The lowest BCUT2D eigenvalue weighted by Crippen LogP contribution is -2.48. The molecule has 0 radical (unpaired) electrons. The zero-order chi connectivity index (χ0) is 43.2. The minimum absolute atomic E-state index is 0.0492. The summed E-state index contributed by atoms with van der Waals surface area (Å²) in [6, 6.07) is -0.776. The molecule has 1 unspecified atom stereocenters. The summed E-state index contributed by atoms with van der Waals surface area (Å²) in [5.74, 6) is -1.81. The van der Waals surface area contributed by atoms with Crippen molar-refractivity contribution < 1.29 is 47.8 Å². The average molecular weight is 887 g/mol. The number of carboxylic acids is 1. The summed E-state index contributed by atoms with van der Waals surface area (Å²) in [6.45, 7) is 11.0. The maximum absolute atomic E-state index is 12.7. The maximum atomic E-state index is 12.7. The van der Waals surface area contributed by atoms with E-state index in [9.17, 15) is 28.5 Å². The van der Waals surface area contributed by atoms with Crippen LogP contribution >= 0.6 is 15.9 Å². The van der Waals surface area contributed by atoms with Crippen LogP contribution in [0, 0.1) is 0 Å². The highest BCUT2D eigenvalue weighted by molar-refractivity contribution is 9.09. The van der Waals surface area contributed by atoms with E-state index in [-0.39, 0.29) is 54.4 Å². The molecule has 0 spiro atoms. The number of aliphatic carboxylic acids is 1. The van der Waals surface area contributed by atoms with Crippen LogP contribution in [0.4, 0.5) is 4.48 Å². The second kappa shape index (κ2) is 48.0. The molecule has 0 aliphatic carbocycles. The van der Waals surface area contributed by atoms with Crippen LogP contribution in [0.25, 0.3) is 0 Å². The molecule has 338 valence electrons. The van der Waals surface area contributed by atoms with Crippen molar-refractivity contribution in [2.24, 2.45) is 0 Å². The second-order valence-electron chi connectivity index (χ2n) is 13.5. The number of hydrogen-bond donors (Lipinski definition) is 5. The molecule has 14 nitrogen and oxygen atoms in total. The predicted octanol–water partition coefficient (Wildman–Crippen LogP) is 6.63. The van der Waals surface area contributed by atoms with Gasteiger partial charge in [-0.05, 0) is 25.7 Å². The number of likely N-dealkylation sites (N-methyl/N-ethyl adjacent to an activating group) is 1. The van der Waals surface area contributed by atoms with Crippen molar-refractivity contribution in [2.75, 3.05) is 78.2 Å². The molecule has 57 heavy (non-hydrogen) atoms. The molecule has 16 heteroatoms. The lowest BCUT2D eigenvalue weighted by atomic mass is 10.0. The maximum Gasteiger partial charge on any atom is 0.303 e. The van der Waals surface area contributed by atoms with Crippen molar-refractivity contribution >= 4 is 45.5 Å². The third-order valence-corrected chi connectivity index (χ3v) is 8.54. The number of carbonyl (C=O) groups excluding carboxylic acids is 4. The predicted molar refractivity (Wildman–Crippen MR) is 229 cm³/mol. The van der Waals surface area contributed by atoms with E-state index >= 15 is 0 Å². The topological polar surface area (TPSA) is 185 Å². The molecule has 0 aromatic rings. The van der Waals surface area contributed by atoms with Crippen molar-refractivity contribution in [3.63, 3.8) is 0 Å². The summed E-state index contributed by atoms with van der Waals surface area (Å²) in [6.07, 6.45) is 19.0. The Morgan fingerprint density at radius 2 is 1.00 bits per heavy atom. The SMILES string of the molecule is CC.CCC.CN(F)CC(=O)NCCCC(NC(=O)CBr)C(=O)NCCOCCOCCOCCNC(=O)CCCCCCCCCCCCCCCCC(=O)O. The molecule has 0 saturated carbocycles. The van der Waals surface area contributed by atoms with Gasteiger partial charge in [0, 0.05) is 39.5 Å². The molecular weight excluding hydrogens is 805 g/mol. The molecule has 5 N–H and O–H groups in total. The van der Waals surface area contributed by atoms with E-state index in [1.165, 1.54) is 64.2 Å². The van der Waals surface area contributed by atoms with Crippen LogP contribution in [-0.2, 0) is 38.2 Å². The Labute approximate surface area is 352 Å². The molecule has 0 aromatic heterocycles. The van der Waals surface area contributed by atoms with Crippen molar-refractivity contribution in [1.29, 1.82) is 0 Å². The second-order valence-corrected chi connectivity index (χ2v) is 14.1. The van der Waals surface area contributed by atoms with Gasteiger partial charge in [-0.2, -0.15) is 0 Å². The fourth-order valence-electron chi connectivity index (χ4n) is 5.24. The Kier molecular flexibility index (Phi) is 49.6. The smallest absolute Gasteiger partial charge is 0.303 e. The molecule has 4 amide bonds. The van der Waals surface area contributed by atoms with Crippen molar-refractivity contribution in [1.82, 2.24) is 26.4 Å². The Hall–Kier alpha value is -2.40. The summed E-state index contributed by atoms with van der Waals surface area (Å²) in [5.41, 5.74) is 0. The standard InChI is InChI=1S/C36H67BrFN5O9.C3H8.C2H6/c1-43(38)30-34(46)39-20-16-17-31(42-33(45)29-37)36(49)41-22-24-51-26-28-52-27-25-50-23-21-40-32(44)18-14-12-10-8-6-4-2-3-5-7-9-11-13-15-19-35(47)48;1-3-2;1-2/h31H,2-30H2,1H3,(H,39,46)(H,40,44)(H,41,49)(H,42,45)(H,47,48);3H2,1-2H3;1-2H3. The summed E-state index contributed by atoms with van der Waals surface area (Å²) < 4.78 is 29.2. The summed E-state index contributed by atoms with van der Waals surface area (Å²) in [7, 11) is 1.14. The van der Waals surface area contributed by atoms with Gasteiger partial charge in [0.2, 0.25) is 23.6 Å². The molecule has 0 rings (SSSR count). The van der Waals surface area contributed by atoms with Crippen LogP contribution in [0.5, 0.6) is 0 Å². The van der Waals surface area contributed by atoms with Gasteiger partial charge in [0.25, 0.3) is 0 Å². The molecule has 0 bridgehead atoms. The van der Waals surface area contributed by atoms with Gasteiger partial charge in [0.05, 0.1) is 45.0 Å². The number of carboxylic acid groups (broad SMARTS) is 1. The quantitative estimate of drug-likeness (QED) is 0.0256. The molecule has 0 saturated heterocycles. The third-order valence-electron chi connectivity index (χ3n) is 8.03. The number of halogens is 2. The van der Waals surface area contributed by atoms with Gasteiger partial charge in [-0.1, -0.05) is 127 Å². The first-order valence-corrected chi connectivity index (χ1v) is 22.7. The fourth-order valence-corrected chi connectivity index (χ4v) is 5.40. The zero-order valence-corrected chi connectivity index (χ0v) is 37.8. The molecule has 0 heterocycles. The number of ether oxygens (including phenoxy) is 3. The van der Waals surface area contributed by atoms with Gasteiger partial charge in [-0.25, -0.2) is 0 Å². The minimum atomic E-state index is -0.776. The summed E-state index contributed by atoms with van der Waals surface area (Å²) in [4.78, 5) is 58.4. The number of unbranched alkanes of at least 4 members (excludes halogenated alkanes) is 13. The number of nitrogens with one attached hydrogen (secondary N) is 4. The summed E-state index contributed by atoms with van der Waals surface area (Å²) in [5, 5.41) is 19.8. The molecule has 0 fully saturated rings. The van der Waals surface area contributed by atoms with E-state index in [0.29, 0.717) is 65.3 Å². The van der Waals surface area contributed by atoms with Crippen molar-refractivity contribution in [2.45, 2.75) is 156 Å². The lowest BCUT2D eigenvalue weighted by Gasteiger charge is -2.18. The fraction of sp³-hybridized carbons (Fsp3) is 0.878. The monoisotopic (exact) mass is 886 g/mol. The number of nitrogens with zero attached hydrogens (tertiary/aromatic N) is 1. The highest BCUT2D eigenvalue weighted by atomic mass is 79.9. The molecule has 0 aliphatic rings. The molecule has 1 atom stereocenters. The van der Waals surface area contributed by atoms with E-state index in [2.05, 4.69) is 51.0 Å². The van der Waals surface area contributed by atoms with Crippen LogP contribution < -0.4 is 21.3 Å². The first kappa shape index (κ1) is 58.9. The number of hydrogen-bond acceptors (Lipinski definition) is 9. The highest BCUT2D eigenvalue weighted by Gasteiger charge is 2.20. The van der Waals surface area contributed by atoms with Gasteiger partial charge >= 0.3 is 5.97 Å². The van der Waals surface area contributed by atoms with Gasteiger partial charge in [0.1, 0.15) is 12.6 Å². The van der Waals surface area contributed by atoms with Crippen LogP contribution in [0.15, 0.2) is 0 Å². The van der Waals surface area contributed by atoms with Crippen LogP contribution in [-0.4, -0.2) is 124 Å². The van der Waals surface area contributed by atoms with Crippen molar-refractivity contribution in [3.05, 3.63) is 0 Å². The molecule has 0 aromatic carbocycles. The third kappa shape index (κ3) is 49.7. The van der Waals surface area contributed by atoms with Gasteiger partial charge in [-0.15, -0.1) is 9.60 Å². The average Bonchev–Trinajstić information content (AvgIpc) is 3.18. The van der Waals surface area contributed by atoms with E-state index in [1.807, 2.05) is 13.8 Å². The largest absolute Gasteiger partial charge is 0.481 e. The summed E-state index contributed by atoms with van der Waals surface area (Å²) >= 11 is 3.06. The lowest BCUT2D eigenvalue weighted by molar-refractivity contribution is -0.137. The first-order chi connectivity index (χ1) is 27.6. The minimum Gasteiger partial charge on any atom is -0.481 e. The van der Waals surface area contributed by atoms with Crippen LogP contribution in [0.2, 0.25) is 0 Å². The van der Waals surface area contributed by atoms with E-state index < -0.39 is 17.9 Å². The van der Waals surface area contributed by atoms with E-state index in [0.717, 1.165) is 39.2 Å². The van der Waals surface area contributed by atoms with Crippen molar-refractivity contribution in [3.8, 4) is 0 Å².